The van der Waals surface area contributed by atoms with Crippen molar-refractivity contribution in [3.05, 3.63) is 47.4 Å². The van der Waals surface area contributed by atoms with E-state index in [4.69, 9.17) is 0 Å². The minimum atomic E-state index is -2.46. The van der Waals surface area contributed by atoms with Crippen LogP contribution in [0, 0.1) is 18.7 Å². The molecular formula is C21H25F3N4O. The summed E-state index contributed by atoms with van der Waals surface area (Å²) >= 11 is 0. The topological polar surface area (TPSA) is 50.2 Å². The van der Waals surface area contributed by atoms with Crippen LogP contribution >= 0.6 is 0 Å². The lowest BCUT2D eigenvalue weighted by Gasteiger charge is -2.40. The highest BCUT2D eigenvalue weighted by Gasteiger charge is 2.38. The molecule has 1 saturated heterocycles. The molecule has 3 heterocycles. The van der Waals surface area contributed by atoms with Gasteiger partial charge in [0.05, 0.1) is 12.1 Å². The maximum atomic E-state index is 13.6. The van der Waals surface area contributed by atoms with Crippen LogP contribution in [0.1, 0.15) is 36.6 Å². The molecule has 0 saturated carbocycles. The van der Waals surface area contributed by atoms with Crippen molar-refractivity contribution in [1.82, 2.24) is 14.7 Å². The van der Waals surface area contributed by atoms with Crippen LogP contribution in [0.2, 0.25) is 0 Å². The number of rotatable bonds is 4. The summed E-state index contributed by atoms with van der Waals surface area (Å²) in [7, 11) is 0. The first-order valence-corrected chi connectivity index (χ1v) is 10.0. The number of fused-ring (bicyclic) bond motifs is 1. The lowest BCUT2D eigenvalue weighted by atomic mass is 9.85. The fraction of sp³-hybridized carbons (Fsp3) is 0.524. The molecule has 29 heavy (non-hydrogen) atoms. The van der Waals surface area contributed by atoms with E-state index in [2.05, 4.69) is 10.4 Å². The second-order valence-electron chi connectivity index (χ2n) is 8.03. The summed E-state index contributed by atoms with van der Waals surface area (Å²) in [6.45, 7) is 3.02. The highest BCUT2D eigenvalue weighted by Crippen LogP contribution is 2.36. The molecule has 0 spiro atoms. The van der Waals surface area contributed by atoms with Gasteiger partial charge in [0.15, 0.2) is 0 Å². The van der Waals surface area contributed by atoms with Crippen LogP contribution in [-0.2, 0) is 11.2 Å². The van der Waals surface area contributed by atoms with Gasteiger partial charge in [-0.15, -0.1) is 0 Å². The Kier molecular flexibility index (Phi) is 5.52. The largest absolute Gasteiger partial charge is 0.367 e. The van der Waals surface area contributed by atoms with E-state index < -0.39 is 12.5 Å². The number of alkyl halides is 2. The van der Waals surface area contributed by atoms with Crippen molar-refractivity contribution in [1.29, 1.82) is 0 Å². The van der Waals surface area contributed by atoms with Crippen molar-refractivity contribution in [3.63, 3.8) is 0 Å². The lowest BCUT2D eigenvalue weighted by Crippen LogP contribution is -2.46. The van der Waals surface area contributed by atoms with Crippen molar-refractivity contribution >= 4 is 11.7 Å². The van der Waals surface area contributed by atoms with Gasteiger partial charge in [-0.3, -0.25) is 4.79 Å². The molecular weight excluding hydrogens is 381 g/mol. The molecule has 0 aliphatic carbocycles. The number of amides is 1. The molecule has 0 radical (unpaired) electrons. The highest BCUT2D eigenvalue weighted by molar-refractivity contribution is 5.78. The smallest absolute Gasteiger partial charge is 0.260 e. The van der Waals surface area contributed by atoms with Crippen molar-refractivity contribution in [2.24, 2.45) is 5.92 Å². The predicted molar refractivity (Wildman–Crippen MR) is 103 cm³/mol. The molecule has 2 aromatic rings. The molecule has 0 bridgehead atoms. The Bertz CT molecular complexity index is 859. The summed E-state index contributed by atoms with van der Waals surface area (Å²) in [6, 6.07) is 6.81. The van der Waals surface area contributed by atoms with Gasteiger partial charge < -0.3 is 10.2 Å². The van der Waals surface area contributed by atoms with Crippen LogP contribution in [0.5, 0.6) is 0 Å². The van der Waals surface area contributed by atoms with Gasteiger partial charge in [-0.05, 0) is 49.8 Å². The molecule has 2 aliphatic rings. The van der Waals surface area contributed by atoms with Gasteiger partial charge >= 0.3 is 0 Å². The number of aromatic nitrogens is 2. The van der Waals surface area contributed by atoms with Gasteiger partial charge in [0, 0.05) is 25.2 Å². The minimum Gasteiger partial charge on any atom is -0.367 e. The Morgan fingerprint density at radius 2 is 1.93 bits per heavy atom. The zero-order valence-corrected chi connectivity index (χ0v) is 16.3. The quantitative estimate of drug-likeness (QED) is 0.840. The van der Waals surface area contributed by atoms with Crippen LogP contribution in [0.3, 0.4) is 0 Å². The number of piperidine rings is 1. The van der Waals surface area contributed by atoms with Crippen molar-refractivity contribution < 1.29 is 18.0 Å². The maximum absolute atomic E-state index is 13.6. The average Bonchev–Trinajstić information content (AvgIpc) is 3.09. The Morgan fingerprint density at radius 3 is 2.59 bits per heavy atom. The molecule has 0 unspecified atom stereocenters. The molecule has 1 aromatic heterocycles. The van der Waals surface area contributed by atoms with E-state index in [1.807, 2.05) is 11.0 Å². The number of anilines is 1. The summed E-state index contributed by atoms with van der Waals surface area (Å²) in [6.07, 6.45) is -0.334. The molecule has 1 fully saturated rings. The van der Waals surface area contributed by atoms with Crippen molar-refractivity contribution in [2.75, 3.05) is 18.4 Å². The van der Waals surface area contributed by atoms with E-state index in [1.165, 1.54) is 16.8 Å². The van der Waals surface area contributed by atoms with Crippen LogP contribution in [0.4, 0.5) is 19.0 Å². The van der Waals surface area contributed by atoms with E-state index in [0.29, 0.717) is 25.3 Å². The molecule has 1 N–H and O–H groups in total. The zero-order valence-electron chi connectivity index (χ0n) is 16.3. The summed E-state index contributed by atoms with van der Waals surface area (Å²) in [5.41, 5.74) is 1.51. The van der Waals surface area contributed by atoms with Gasteiger partial charge in [0.2, 0.25) is 5.91 Å². The normalized spacial score (nSPS) is 22.4. The van der Waals surface area contributed by atoms with E-state index in [1.54, 1.807) is 19.1 Å². The van der Waals surface area contributed by atoms with Crippen LogP contribution in [0.25, 0.3) is 0 Å². The lowest BCUT2D eigenvalue weighted by molar-refractivity contribution is -0.131. The van der Waals surface area contributed by atoms with Crippen LogP contribution in [0.15, 0.2) is 30.3 Å². The average molecular weight is 406 g/mol. The van der Waals surface area contributed by atoms with Gasteiger partial charge in [0.1, 0.15) is 17.7 Å². The molecule has 2 atom stereocenters. The molecule has 1 aromatic carbocycles. The van der Waals surface area contributed by atoms with Gasteiger partial charge in [-0.25, -0.2) is 17.9 Å². The maximum Gasteiger partial charge on any atom is 0.260 e. The van der Waals surface area contributed by atoms with Gasteiger partial charge in [0.25, 0.3) is 6.43 Å². The number of aryl methyl sites for hydroxylation is 1. The highest BCUT2D eigenvalue weighted by atomic mass is 19.3. The van der Waals surface area contributed by atoms with E-state index >= 15 is 0 Å². The number of nitrogens with one attached hydrogen (secondary N) is 1. The number of nitrogens with zero attached hydrogens (tertiary/aromatic N) is 3. The monoisotopic (exact) mass is 406 g/mol. The Hall–Kier alpha value is -2.51. The molecule has 4 rings (SSSR count). The third kappa shape index (κ3) is 4.26. The summed E-state index contributed by atoms with van der Waals surface area (Å²) in [5.74, 6) is 0.584. The summed E-state index contributed by atoms with van der Waals surface area (Å²) in [4.78, 5) is 14.4. The number of carbonyl (C=O) groups is 1. The van der Waals surface area contributed by atoms with Gasteiger partial charge in [-0.1, -0.05) is 12.1 Å². The molecule has 5 nitrogen and oxygen atoms in total. The minimum absolute atomic E-state index is 0.0193. The SMILES string of the molecule is Cc1cc2n(n1)[C@@H](C(F)F)C[C@@H](C1CCN(C(=O)Cc3ccc(F)cc3)CC1)N2. The number of carbonyl (C=O) groups excluding carboxylic acids is 1. The number of benzene rings is 1. The molecule has 8 heteroatoms. The van der Waals surface area contributed by atoms with Crippen molar-refractivity contribution in [3.8, 4) is 0 Å². The standard InChI is InChI=1S/C21H25F3N4O/c1-13-10-19-25-17(12-18(21(23)24)28(19)26-13)15-6-8-27(9-7-15)20(29)11-14-2-4-16(22)5-3-14/h2-5,10,15,17-18,21,25H,6-9,11-12H2,1H3/t17-,18+/m0/s1. The first-order valence-electron chi connectivity index (χ1n) is 10.0. The number of hydrogen-bond donors (Lipinski definition) is 1. The van der Waals surface area contributed by atoms with E-state index in [-0.39, 0.29) is 30.1 Å². The fourth-order valence-corrected chi connectivity index (χ4v) is 4.45. The number of likely N-dealkylation sites (tertiary alicyclic amines) is 1. The predicted octanol–water partition coefficient (Wildman–Crippen LogP) is 3.80. The van der Waals surface area contributed by atoms with Crippen LogP contribution < -0.4 is 5.32 Å². The third-order valence-corrected chi connectivity index (χ3v) is 6.02. The Morgan fingerprint density at radius 1 is 1.24 bits per heavy atom. The third-order valence-electron chi connectivity index (χ3n) is 6.02. The number of halogens is 3. The second-order valence-corrected chi connectivity index (χ2v) is 8.03. The Balaban J connectivity index is 1.36. The second kappa shape index (κ2) is 8.08. The Labute approximate surface area is 167 Å². The summed E-state index contributed by atoms with van der Waals surface area (Å²) < 4.78 is 41.6. The van der Waals surface area contributed by atoms with E-state index in [9.17, 15) is 18.0 Å². The zero-order chi connectivity index (χ0) is 20.5. The molecule has 156 valence electrons. The summed E-state index contributed by atoms with van der Waals surface area (Å²) in [5, 5.41) is 7.60. The van der Waals surface area contributed by atoms with Crippen molar-refractivity contribution in [2.45, 2.75) is 51.1 Å². The molecule has 2 aliphatic heterocycles. The first-order chi connectivity index (χ1) is 13.9. The fourth-order valence-electron chi connectivity index (χ4n) is 4.45. The number of hydrogen-bond acceptors (Lipinski definition) is 3. The van der Waals surface area contributed by atoms with E-state index in [0.717, 1.165) is 24.1 Å². The van der Waals surface area contributed by atoms with Gasteiger partial charge in [-0.2, -0.15) is 5.10 Å². The molecule has 1 amide bonds. The van der Waals surface area contributed by atoms with Crippen LogP contribution in [-0.4, -0.2) is 46.1 Å². The first kappa shape index (κ1) is 19.8.